The molecule has 19 heteroatoms. The Morgan fingerprint density at radius 1 is 0.622 bits per heavy atom. The smallest absolute Gasteiger partial charge is 0.342 e. The summed E-state index contributed by atoms with van der Waals surface area (Å²) in [7, 11) is 2.66. The predicted octanol–water partition coefficient (Wildman–Crippen LogP) is 8.33. The number of nitrogens with one attached hydrogen (secondary N) is 5. The highest BCUT2D eigenvalue weighted by atomic mass is 16.5. The van der Waals surface area contributed by atoms with Gasteiger partial charge in [0.1, 0.15) is 49.5 Å². The Morgan fingerprint density at radius 3 is 1.76 bits per heavy atom. The number of amides is 5. The van der Waals surface area contributed by atoms with Crippen LogP contribution >= 0.6 is 0 Å². The second-order valence-electron chi connectivity index (χ2n) is 15.4. The molecule has 0 bridgehead atoms. The fourth-order valence-corrected chi connectivity index (χ4v) is 6.66. The van der Waals surface area contributed by atoms with Gasteiger partial charge in [0, 0.05) is 16.8 Å². The van der Waals surface area contributed by atoms with Crippen molar-refractivity contribution in [2.45, 2.75) is 19.4 Å². The lowest BCUT2D eigenvalue weighted by molar-refractivity contribution is -0.118. The minimum Gasteiger partial charge on any atom is -0.491 e. The van der Waals surface area contributed by atoms with Crippen LogP contribution in [0.1, 0.15) is 60.5 Å². The Kier molecular flexibility index (Phi) is 20.4. The monoisotopic (exact) mass is 1000 g/mol. The summed E-state index contributed by atoms with van der Waals surface area (Å²) in [6.45, 7) is 16.4. The number of hydrogen-bond acceptors (Lipinski definition) is 14. The summed E-state index contributed by atoms with van der Waals surface area (Å²) in [6.07, 6.45) is 8.57. The van der Waals surface area contributed by atoms with Crippen LogP contribution in [0.2, 0.25) is 0 Å². The SMILES string of the molecule is C=CCOC(=O)c1ccc(NC(=O)c2ccc(NC(=O)c3ccc(NC(=O)[C@H](CC#N)NC(=O)c4ccc(NC(=O)/C(C)=C/c5ccc(OCC=C)cc5)cn4)cc3)c(OC)c2OCC=C)c(OC)c1OCC=C. The lowest BCUT2D eigenvalue weighted by Gasteiger charge is -2.20. The second kappa shape index (κ2) is 27.4. The van der Waals surface area contributed by atoms with Crippen LogP contribution in [0.25, 0.3) is 6.08 Å². The molecule has 1 heterocycles. The first-order valence-electron chi connectivity index (χ1n) is 22.5. The molecule has 0 spiro atoms. The molecule has 4 aromatic carbocycles. The summed E-state index contributed by atoms with van der Waals surface area (Å²) in [6, 6.07) is 22.0. The van der Waals surface area contributed by atoms with Crippen molar-refractivity contribution < 1.29 is 57.2 Å². The normalized spacial score (nSPS) is 10.9. The minimum absolute atomic E-state index is 0.00169. The number of nitrogens with zero attached hydrogens (tertiary/aromatic N) is 2. The van der Waals surface area contributed by atoms with Gasteiger partial charge in [0.15, 0.2) is 23.0 Å². The van der Waals surface area contributed by atoms with E-state index in [1.54, 1.807) is 31.2 Å². The van der Waals surface area contributed by atoms with E-state index in [1.807, 2.05) is 18.2 Å². The number of nitriles is 1. The van der Waals surface area contributed by atoms with Gasteiger partial charge >= 0.3 is 5.97 Å². The van der Waals surface area contributed by atoms with Gasteiger partial charge < -0.3 is 55.0 Å². The van der Waals surface area contributed by atoms with Crippen LogP contribution in [-0.2, 0) is 14.3 Å². The van der Waals surface area contributed by atoms with Gasteiger partial charge in [-0.15, -0.1) is 0 Å². The maximum Gasteiger partial charge on any atom is 0.342 e. The molecule has 0 saturated heterocycles. The van der Waals surface area contributed by atoms with Gasteiger partial charge in [-0.25, -0.2) is 9.78 Å². The van der Waals surface area contributed by atoms with E-state index in [0.717, 1.165) is 5.56 Å². The van der Waals surface area contributed by atoms with Crippen LogP contribution in [0.3, 0.4) is 0 Å². The number of hydrogen-bond donors (Lipinski definition) is 5. The Labute approximate surface area is 427 Å². The average molecular weight is 1000 g/mol. The van der Waals surface area contributed by atoms with Crippen molar-refractivity contribution in [1.29, 1.82) is 5.26 Å². The molecule has 74 heavy (non-hydrogen) atoms. The summed E-state index contributed by atoms with van der Waals surface area (Å²) in [4.78, 5) is 83.8. The number of carbonyl (C=O) groups is 6. The molecule has 0 aliphatic carbocycles. The molecule has 5 rings (SSSR count). The van der Waals surface area contributed by atoms with Crippen LogP contribution < -0.4 is 50.3 Å². The van der Waals surface area contributed by atoms with Gasteiger partial charge in [-0.05, 0) is 91.4 Å². The number of rotatable bonds is 26. The molecule has 0 fully saturated rings. The van der Waals surface area contributed by atoms with E-state index >= 15 is 0 Å². The van der Waals surface area contributed by atoms with Crippen LogP contribution in [0.4, 0.5) is 22.7 Å². The molecule has 0 aliphatic rings. The highest BCUT2D eigenvalue weighted by Crippen LogP contribution is 2.42. The maximum absolute atomic E-state index is 13.9. The molecule has 0 aliphatic heterocycles. The van der Waals surface area contributed by atoms with Crippen molar-refractivity contribution >= 4 is 64.3 Å². The molecule has 5 amide bonds. The third-order valence-corrected chi connectivity index (χ3v) is 10.2. The lowest BCUT2D eigenvalue weighted by Crippen LogP contribution is -2.43. The average Bonchev–Trinajstić information content (AvgIpc) is 3.40. The molecule has 19 nitrogen and oxygen atoms in total. The first-order valence-corrected chi connectivity index (χ1v) is 22.5. The number of ether oxygens (including phenoxy) is 6. The predicted molar refractivity (Wildman–Crippen MR) is 279 cm³/mol. The fourth-order valence-electron chi connectivity index (χ4n) is 6.66. The lowest BCUT2D eigenvalue weighted by atomic mass is 10.1. The molecule has 5 aromatic rings. The van der Waals surface area contributed by atoms with E-state index in [1.165, 1.54) is 99.3 Å². The molecular weight excluding hydrogens is 951 g/mol. The van der Waals surface area contributed by atoms with Crippen LogP contribution in [0.15, 0.2) is 147 Å². The van der Waals surface area contributed by atoms with Gasteiger partial charge in [0.05, 0.1) is 55.5 Å². The molecule has 1 aromatic heterocycles. The zero-order valence-corrected chi connectivity index (χ0v) is 40.8. The van der Waals surface area contributed by atoms with Crippen LogP contribution in [-0.4, -0.2) is 87.2 Å². The van der Waals surface area contributed by atoms with E-state index in [4.69, 9.17) is 28.4 Å². The zero-order valence-electron chi connectivity index (χ0n) is 40.8. The van der Waals surface area contributed by atoms with Gasteiger partial charge in [-0.2, -0.15) is 5.26 Å². The summed E-state index contributed by atoms with van der Waals surface area (Å²) in [5, 5.41) is 22.9. The first-order chi connectivity index (χ1) is 35.8. The highest BCUT2D eigenvalue weighted by molar-refractivity contribution is 6.11. The Hall–Kier alpha value is -9.96. The summed E-state index contributed by atoms with van der Waals surface area (Å²) in [5.74, 6) is -3.23. The Balaban J connectivity index is 1.23. The Morgan fingerprint density at radius 2 is 1.19 bits per heavy atom. The molecular formula is C55H53N7O12. The number of esters is 1. The third kappa shape index (κ3) is 14.8. The second-order valence-corrected chi connectivity index (χ2v) is 15.4. The largest absolute Gasteiger partial charge is 0.491 e. The van der Waals surface area contributed by atoms with E-state index in [9.17, 15) is 34.0 Å². The molecule has 0 unspecified atom stereocenters. The van der Waals surface area contributed by atoms with Crippen LogP contribution in [0, 0.1) is 11.3 Å². The van der Waals surface area contributed by atoms with Crippen molar-refractivity contribution in [3.8, 4) is 34.8 Å². The van der Waals surface area contributed by atoms with Gasteiger partial charge in [-0.1, -0.05) is 62.8 Å². The number of carbonyl (C=O) groups excluding carboxylic acids is 6. The zero-order chi connectivity index (χ0) is 53.6. The fraction of sp³-hybridized carbons (Fsp3) is 0.164. The van der Waals surface area contributed by atoms with Crippen LogP contribution in [0.5, 0.6) is 28.7 Å². The molecule has 0 radical (unpaired) electrons. The van der Waals surface area contributed by atoms with Gasteiger partial charge in [-0.3, -0.25) is 24.0 Å². The topological polar surface area (TPSA) is 255 Å². The summed E-state index contributed by atoms with van der Waals surface area (Å²) in [5.41, 5.74) is 2.10. The third-order valence-electron chi connectivity index (χ3n) is 10.2. The number of anilines is 4. The van der Waals surface area contributed by atoms with Crippen molar-refractivity contribution in [1.82, 2.24) is 10.3 Å². The van der Waals surface area contributed by atoms with Crippen molar-refractivity contribution in [3.05, 3.63) is 175 Å². The highest BCUT2D eigenvalue weighted by Gasteiger charge is 2.27. The molecule has 380 valence electrons. The van der Waals surface area contributed by atoms with Crippen molar-refractivity contribution in [2.75, 3.05) is 61.9 Å². The maximum atomic E-state index is 13.9. The minimum atomic E-state index is -1.29. The van der Waals surface area contributed by atoms with Crippen molar-refractivity contribution in [3.63, 3.8) is 0 Å². The van der Waals surface area contributed by atoms with Gasteiger partial charge in [0.25, 0.3) is 23.6 Å². The molecule has 0 saturated carbocycles. The summed E-state index contributed by atoms with van der Waals surface area (Å²) >= 11 is 0. The van der Waals surface area contributed by atoms with E-state index in [-0.39, 0.29) is 88.7 Å². The number of methoxy groups -OCH3 is 2. The quantitative estimate of drug-likeness (QED) is 0.0198. The molecule has 1 atom stereocenters. The Bertz CT molecular complexity index is 2980. The standard InChI is InChI=1S/C55H53N7O12/c1-8-28-71-39-19-12-35(13-20-39)32-34(5)50(63)59-38-18-23-44(57-33-38)53(66)62-45(26-27-56)54(67)58-37-16-14-36(15-17-37)51(64)60-42-24-21-40(46(48(42)69-6)72-29-9-2)52(65)61-43-25-22-41(55(68)74-31-11-4)47(49(43)70-7)73-30-10-3/h8-25,32-33,45H,1-4,26,28-31H2,5-7H3,(H,58,67)(H,59,63)(H,60,64)(H,61,65)(H,62,66)/b34-32+/t45-/m0/s1. The van der Waals surface area contributed by atoms with Crippen molar-refractivity contribution in [2.24, 2.45) is 0 Å². The number of aromatic nitrogens is 1. The van der Waals surface area contributed by atoms with Gasteiger partial charge in [0.2, 0.25) is 5.91 Å². The van der Waals surface area contributed by atoms with E-state index in [2.05, 4.69) is 57.9 Å². The van der Waals surface area contributed by atoms with E-state index in [0.29, 0.717) is 23.6 Å². The number of benzene rings is 4. The molecule has 5 N–H and O–H groups in total. The summed E-state index contributed by atoms with van der Waals surface area (Å²) < 4.78 is 33.6. The van der Waals surface area contributed by atoms with E-state index < -0.39 is 41.5 Å². The first kappa shape index (κ1) is 55.0. The number of pyridine rings is 1.